The first kappa shape index (κ1) is 32.0. The molecule has 0 bridgehead atoms. The standard InChI is InChI=1S/C31H32N2O10S/c1-7-40-24-15-20(10-12-21(24)42-16-26(35)39-6)28-27(30(37)41-8-2)17(3)32-31-33(28)29(36)25(44-31)14-19-9-11-22(43-18(4)34)23(13-19)38-5/h9-15,28H,7-8,16H2,1-6H3/b25-14-/t28-/m0/s1. The minimum atomic E-state index is -0.901. The molecule has 1 aliphatic heterocycles. The van der Waals surface area contributed by atoms with Gasteiger partial charge in [-0.15, -0.1) is 0 Å². The van der Waals surface area contributed by atoms with Crippen molar-refractivity contribution in [2.75, 3.05) is 34.0 Å². The molecule has 232 valence electrons. The van der Waals surface area contributed by atoms with Gasteiger partial charge in [-0.2, -0.15) is 0 Å². The second kappa shape index (κ2) is 14.0. The van der Waals surface area contributed by atoms with Crippen LogP contribution in [0.3, 0.4) is 0 Å². The number of ether oxygens (including phenoxy) is 6. The van der Waals surface area contributed by atoms with Crippen molar-refractivity contribution in [3.63, 3.8) is 0 Å². The molecular weight excluding hydrogens is 592 g/mol. The van der Waals surface area contributed by atoms with Crippen molar-refractivity contribution in [3.05, 3.63) is 78.5 Å². The molecule has 0 radical (unpaired) electrons. The fourth-order valence-electron chi connectivity index (χ4n) is 4.55. The molecule has 0 spiro atoms. The average Bonchev–Trinajstić information content (AvgIpc) is 3.29. The molecule has 4 rings (SSSR count). The summed E-state index contributed by atoms with van der Waals surface area (Å²) < 4.78 is 33.8. The second-order valence-electron chi connectivity index (χ2n) is 9.31. The maximum absolute atomic E-state index is 14.0. The Labute approximate surface area is 256 Å². The number of nitrogens with zero attached hydrogens (tertiary/aromatic N) is 2. The van der Waals surface area contributed by atoms with Crippen LogP contribution in [0.15, 0.2) is 57.5 Å². The summed E-state index contributed by atoms with van der Waals surface area (Å²) in [4.78, 5) is 55.3. The van der Waals surface area contributed by atoms with E-state index in [9.17, 15) is 19.2 Å². The van der Waals surface area contributed by atoms with E-state index in [-0.39, 0.29) is 35.8 Å². The molecule has 0 saturated heterocycles. The van der Waals surface area contributed by atoms with Gasteiger partial charge >= 0.3 is 17.9 Å². The van der Waals surface area contributed by atoms with Crippen molar-refractivity contribution < 1.29 is 42.8 Å². The summed E-state index contributed by atoms with van der Waals surface area (Å²) in [6.45, 7) is 6.55. The number of thiazole rings is 1. The molecule has 0 unspecified atom stereocenters. The van der Waals surface area contributed by atoms with E-state index in [0.29, 0.717) is 44.3 Å². The van der Waals surface area contributed by atoms with Crippen LogP contribution < -0.4 is 33.8 Å². The molecule has 2 heterocycles. The van der Waals surface area contributed by atoms with Gasteiger partial charge in [0.05, 0.1) is 49.3 Å². The summed E-state index contributed by atoms with van der Waals surface area (Å²) in [7, 11) is 2.70. The number of esters is 3. The zero-order valence-corrected chi connectivity index (χ0v) is 25.9. The van der Waals surface area contributed by atoms with Gasteiger partial charge < -0.3 is 28.4 Å². The summed E-state index contributed by atoms with van der Waals surface area (Å²) in [5.41, 5.74) is 1.37. The van der Waals surface area contributed by atoms with E-state index in [1.54, 1.807) is 63.2 Å². The quantitative estimate of drug-likeness (QED) is 0.231. The Bertz CT molecular complexity index is 1800. The lowest BCUT2D eigenvalue weighted by Gasteiger charge is -2.25. The average molecular weight is 625 g/mol. The number of hydrogen-bond donors (Lipinski definition) is 0. The van der Waals surface area contributed by atoms with Crippen molar-refractivity contribution in [3.8, 4) is 23.0 Å². The normalized spacial score (nSPS) is 14.3. The van der Waals surface area contributed by atoms with Crippen LogP contribution in [0.4, 0.5) is 0 Å². The number of aromatic nitrogens is 1. The van der Waals surface area contributed by atoms with Crippen molar-refractivity contribution in [1.82, 2.24) is 4.57 Å². The Hall–Kier alpha value is -4.91. The predicted octanol–water partition coefficient (Wildman–Crippen LogP) is 2.68. The molecule has 3 aromatic rings. The number of rotatable bonds is 11. The van der Waals surface area contributed by atoms with E-state index in [4.69, 9.17) is 23.7 Å². The SMILES string of the molecule is CCOC(=O)C1=C(C)N=c2s/c(=C\c3ccc(OC(C)=O)c(OC)c3)c(=O)n2[C@H]1c1ccc(OCC(=O)OC)c(OCC)c1. The second-order valence-corrected chi connectivity index (χ2v) is 10.3. The van der Waals surface area contributed by atoms with Crippen molar-refractivity contribution in [2.45, 2.75) is 33.7 Å². The number of hydrogen-bond acceptors (Lipinski definition) is 12. The van der Waals surface area contributed by atoms with Crippen molar-refractivity contribution in [2.24, 2.45) is 4.99 Å². The fraction of sp³-hybridized carbons (Fsp3) is 0.323. The van der Waals surface area contributed by atoms with Gasteiger partial charge in [0.1, 0.15) is 0 Å². The summed E-state index contributed by atoms with van der Waals surface area (Å²) >= 11 is 1.15. The smallest absolute Gasteiger partial charge is 0.343 e. The van der Waals surface area contributed by atoms with Gasteiger partial charge in [0.25, 0.3) is 5.56 Å². The van der Waals surface area contributed by atoms with E-state index in [1.165, 1.54) is 25.7 Å². The number of carbonyl (C=O) groups is 3. The largest absolute Gasteiger partial charge is 0.493 e. The molecule has 0 N–H and O–H groups in total. The van der Waals surface area contributed by atoms with E-state index in [0.717, 1.165) is 11.3 Å². The molecule has 1 aromatic heterocycles. The molecule has 13 heteroatoms. The number of methoxy groups -OCH3 is 2. The van der Waals surface area contributed by atoms with Gasteiger partial charge in [0, 0.05) is 6.92 Å². The molecular formula is C31H32N2O10S. The van der Waals surface area contributed by atoms with Crippen LogP contribution >= 0.6 is 11.3 Å². The van der Waals surface area contributed by atoms with Crippen LogP contribution in [-0.4, -0.2) is 56.5 Å². The summed E-state index contributed by atoms with van der Waals surface area (Å²) in [6.07, 6.45) is 1.67. The summed E-state index contributed by atoms with van der Waals surface area (Å²) in [5, 5.41) is 0. The van der Waals surface area contributed by atoms with Crippen molar-refractivity contribution in [1.29, 1.82) is 0 Å². The molecule has 1 atom stereocenters. The summed E-state index contributed by atoms with van der Waals surface area (Å²) in [5.74, 6) is -0.497. The van der Waals surface area contributed by atoms with Crippen LogP contribution in [0.25, 0.3) is 6.08 Å². The minimum Gasteiger partial charge on any atom is -0.493 e. The Morgan fingerprint density at radius 2 is 1.73 bits per heavy atom. The number of allylic oxidation sites excluding steroid dienone is 1. The molecule has 12 nitrogen and oxygen atoms in total. The Morgan fingerprint density at radius 3 is 2.39 bits per heavy atom. The Morgan fingerprint density at radius 1 is 0.977 bits per heavy atom. The lowest BCUT2D eigenvalue weighted by molar-refractivity contribution is -0.143. The number of fused-ring (bicyclic) bond motifs is 1. The van der Waals surface area contributed by atoms with Gasteiger partial charge in [0.15, 0.2) is 34.4 Å². The summed E-state index contributed by atoms with van der Waals surface area (Å²) in [6, 6.07) is 8.96. The molecule has 44 heavy (non-hydrogen) atoms. The lowest BCUT2D eigenvalue weighted by Crippen LogP contribution is -2.40. The maximum Gasteiger partial charge on any atom is 0.343 e. The van der Waals surface area contributed by atoms with Crippen LogP contribution in [-0.2, 0) is 23.9 Å². The topological polar surface area (TPSA) is 141 Å². The van der Waals surface area contributed by atoms with Crippen LogP contribution in [0.2, 0.25) is 0 Å². The van der Waals surface area contributed by atoms with Gasteiger partial charge in [-0.05, 0) is 62.2 Å². The van der Waals surface area contributed by atoms with E-state index in [2.05, 4.69) is 9.73 Å². The lowest BCUT2D eigenvalue weighted by atomic mass is 9.95. The zero-order chi connectivity index (χ0) is 32.0. The number of carbonyl (C=O) groups excluding carboxylic acids is 3. The Balaban J connectivity index is 1.88. The first-order valence-electron chi connectivity index (χ1n) is 13.6. The molecule has 1 aliphatic rings. The van der Waals surface area contributed by atoms with Crippen LogP contribution in [0, 0.1) is 0 Å². The monoisotopic (exact) mass is 624 g/mol. The molecule has 0 saturated carbocycles. The fourth-order valence-corrected chi connectivity index (χ4v) is 5.60. The molecule has 0 amide bonds. The highest BCUT2D eigenvalue weighted by Crippen LogP contribution is 2.36. The van der Waals surface area contributed by atoms with E-state index < -0.39 is 23.9 Å². The third kappa shape index (κ3) is 6.83. The highest BCUT2D eigenvalue weighted by atomic mass is 32.1. The molecule has 2 aromatic carbocycles. The first-order valence-corrected chi connectivity index (χ1v) is 14.5. The molecule has 0 aliphatic carbocycles. The minimum absolute atomic E-state index is 0.127. The highest BCUT2D eigenvalue weighted by Gasteiger charge is 2.34. The third-order valence-electron chi connectivity index (χ3n) is 6.41. The van der Waals surface area contributed by atoms with E-state index in [1.807, 2.05) is 0 Å². The van der Waals surface area contributed by atoms with Gasteiger partial charge in [-0.1, -0.05) is 23.5 Å². The van der Waals surface area contributed by atoms with Crippen molar-refractivity contribution >= 4 is 35.3 Å². The van der Waals surface area contributed by atoms with E-state index >= 15 is 0 Å². The predicted molar refractivity (Wildman–Crippen MR) is 160 cm³/mol. The van der Waals surface area contributed by atoms with Gasteiger partial charge in [-0.25, -0.2) is 14.6 Å². The molecule has 0 fully saturated rings. The van der Waals surface area contributed by atoms with Crippen LogP contribution in [0.1, 0.15) is 44.9 Å². The first-order chi connectivity index (χ1) is 21.1. The van der Waals surface area contributed by atoms with Gasteiger partial charge in [0.2, 0.25) is 0 Å². The van der Waals surface area contributed by atoms with Crippen LogP contribution in [0.5, 0.6) is 23.0 Å². The maximum atomic E-state index is 14.0. The van der Waals surface area contributed by atoms with Gasteiger partial charge in [-0.3, -0.25) is 14.2 Å². The zero-order valence-electron chi connectivity index (χ0n) is 25.1. The highest BCUT2D eigenvalue weighted by molar-refractivity contribution is 7.07. The number of benzene rings is 2. The Kier molecular flexibility index (Phi) is 10.2. The third-order valence-corrected chi connectivity index (χ3v) is 7.40.